The van der Waals surface area contributed by atoms with Gasteiger partial charge in [-0.05, 0) is 36.0 Å². The average molecular weight is 339 g/mol. The highest BCUT2D eigenvalue weighted by Gasteiger charge is 2.10. The van der Waals surface area contributed by atoms with Crippen LogP contribution in [0.5, 0.6) is 11.5 Å². The number of ether oxygens (including phenoxy) is 2. The Morgan fingerprint density at radius 3 is 2.95 bits per heavy atom. The molecule has 22 heavy (non-hydrogen) atoms. The van der Waals surface area contributed by atoms with E-state index in [1.54, 1.807) is 24.3 Å². The van der Waals surface area contributed by atoms with Gasteiger partial charge in [0.1, 0.15) is 0 Å². The van der Waals surface area contributed by atoms with Crippen molar-refractivity contribution in [2.45, 2.75) is 0 Å². The number of nitrogens with one attached hydrogen (secondary N) is 1. The number of carbonyl (C=O) groups excluding carboxylic acids is 1. The molecule has 0 unspecified atom stereocenters. The van der Waals surface area contributed by atoms with Crippen molar-refractivity contribution in [2.75, 3.05) is 18.6 Å². The van der Waals surface area contributed by atoms with E-state index in [1.807, 2.05) is 0 Å². The highest BCUT2D eigenvalue weighted by molar-refractivity contribution is 8.00. The molecule has 0 saturated carbocycles. The van der Waals surface area contributed by atoms with Crippen molar-refractivity contribution in [3.05, 3.63) is 36.4 Å². The van der Waals surface area contributed by atoms with Crippen molar-refractivity contribution in [3.8, 4) is 11.5 Å². The lowest BCUT2D eigenvalue weighted by atomic mass is 10.2. The van der Waals surface area contributed by atoms with Crippen LogP contribution in [0.25, 0.3) is 0 Å². The number of nitrogens with zero attached hydrogens (tertiary/aromatic N) is 1. The zero-order valence-corrected chi connectivity index (χ0v) is 13.7. The standard InChI is InChI=1S/C14H17N3O3S2/c1-3-6-22-9-13(18)20-11-5-4-10(7-12(11)19-2)8-16-17-14(15)21/h3-5,7-8H,1,6,9H2,2H3,(H3,15,17,21). The average Bonchev–Trinajstić information content (AvgIpc) is 2.48. The number of hydrogen-bond donors (Lipinski definition) is 2. The second-order valence-corrected chi connectivity index (χ2v) is 5.39. The van der Waals surface area contributed by atoms with E-state index in [4.69, 9.17) is 15.2 Å². The van der Waals surface area contributed by atoms with Gasteiger partial charge in [-0.15, -0.1) is 18.3 Å². The molecule has 0 bridgehead atoms. The van der Waals surface area contributed by atoms with Gasteiger partial charge in [0.05, 0.1) is 19.1 Å². The number of hydrogen-bond acceptors (Lipinski definition) is 6. The summed E-state index contributed by atoms with van der Waals surface area (Å²) in [4.78, 5) is 11.7. The molecule has 8 heteroatoms. The lowest BCUT2D eigenvalue weighted by molar-refractivity contribution is -0.131. The van der Waals surface area contributed by atoms with E-state index in [9.17, 15) is 4.79 Å². The highest BCUT2D eigenvalue weighted by atomic mass is 32.2. The van der Waals surface area contributed by atoms with Gasteiger partial charge in [-0.1, -0.05) is 6.08 Å². The molecular formula is C14H17N3O3S2. The zero-order chi connectivity index (χ0) is 16.4. The van der Waals surface area contributed by atoms with E-state index < -0.39 is 0 Å². The van der Waals surface area contributed by atoms with Crippen molar-refractivity contribution >= 4 is 41.3 Å². The molecule has 3 N–H and O–H groups in total. The van der Waals surface area contributed by atoms with Crippen LogP contribution < -0.4 is 20.6 Å². The van der Waals surface area contributed by atoms with Crippen molar-refractivity contribution in [1.29, 1.82) is 0 Å². The SMILES string of the molecule is C=CCSCC(=O)Oc1ccc(C=NNC(N)=S)cc1OC. The number of hydrazone groups is 1. The minimum atomic E-state index is -0.346. The summed E-state index contributed by atoms with van der Waals surface area (Å²) >= 11 is 6.06. The van der Waals surface area contributed by atoms with E-state index in [2.05, 4.69) is 29.3 Å². The third-order valence-electron chi connectivity index (χ3n) is 2.26. The molecule has 1 aromatic rings. The molecule has 0 aliphatic heterocycles. The van der Waals surface area contributed by atoms with E-state index in [0.29, 0.717) is 17.3 Å². The van der Waals surface area contributed by atoms with Crippen LogP contribution in [0.4, 0.5) is 0 Å². The lowest BCUT2D eigenvalue weighted by Crippen LogP contribution is -2.23. The molecule has 1 rings (SSSR count). The van der Waals surface area contributed by atoms with Crippen LogP contribution in [0.1, 0.15) is 5.56 Å². The molecule has 0 aliphatic carbocycles. The summed E-state index contributed by atoms with van der Waals surface area (Å²) in [7, 11) is 1.49. The van der Waals surface area contributed by atoms with Crippen molar-refractivity contribution in [2.24, 2.45) is 10.8 Å². The molecule has 0 atom stereocenters. The monoisotopic (exact) mass is 339 g/mol. The van der Waals surface area contributed by atoms with Crippen molar-refractivity contribution < 1.29 is 14.3 Å². The Hall–Kier alpha value is -2.06. The summed E-state index contributed by atoms with van der Waals surface area (Å²) in [6.07, 6.45) is 3.25. The minimum Gasteiger partial charge on any atom is -0.493 e. The number of rotatable bonds is 8. The first-order valence-electron chi connectivity index (χ1n) is 6.22. The molecule has 1 aromatic carbocycles. The van der Waals surface area contributed by atoms with E-state index in [-0.39, 0.29) is 16.8 Å². The molecule has 0 amide bonds. The molecule has 0 fully saturated rings. The van der Waals surface area contributed by atoms with Crippen molar-refractivity contribution in [1.82, 2.24) is 5.43 Å². The summed E-state index contributed by atoms with van der Waals surface area (Å²) in [5, 5.41) is 3.91. The number of nitrogens with two attached hydrogens (primary N) is 1. The summed E-state index contributed by atoms with van der Waals surface area (Å²) in [6, 6.07) is 5.05. The molecule has 0 aliphatic rings. The smallest absolute Gasteiger partial charge is 0.321 e. The van der Waals surface area contributed by atoms with Crippen LogP contribution in [0.2, 0.25) is 0 Å². The number of benzene rings is 1. The van der Waals surface area contributed by atoms with Crippen LogP contribution in [0, 0.1) is 0 Å². The molecule has 0 heterocycles. The number of esters is 1. The highest BCUT2D eigenvalue weighted by Crippen LogP contribution is 2.28. The Labute approximate surface area is 138 Å². The second kappa shape index (κ2) is 9.80. The van der Waals surface area contributed by atoms with Crippen molar-refractivity contribution in [3.63, 3.8) is 0 Å². The number of carbonyl (C=O) groups is 1. The Morgan fingerprint density at radius 2 is 2.32 bits per heavy atom. The van der Waals surface area contributed by atoms with Gasteiger partial charge in [0.15, 0.2) is 16.6 Å². The third kappa shape index (κ3) is 6.59. The van der Waals surface area contributed by atoms with Crippen LogP contribution >= 0.6 is 24.0 Å². The summed E-state index contributed by atoms with van der Waals surface area (Å²) in [5.74, 6) is 1.38. The van der Waals surface area contributed by atoms with Crippen LogP contribution in [0.15, 0.2) is 36.0 Å². The van der Waals surface area contributed by atoms with Gasteiger partial charge in [0.25, 0.3) is 0 Å². The number of thioether (sulfide) groups is 1. The summed E-state index contributed by atoms with van der Waals surface area (Å²) in [5.41, 5.74) is 8.44. The Bertz CT molecular complexity index is 576. The van der Waals surface area contributed by atoms with E-state index in [0.717, 1.165) is 5.56 Å². The minimum absolute atomic E-state index is 0.0748. The van der Waals surface area contributed by atoms with Gasteiger partial charge in [-0.25, -0.2) is 0 Å². The summed E-state index contributed by atoms with van der Waals surface area (Å²) in [6.45, 7) is 3.59. The van der Waals surface area contributed by atoms with Gasteiger partial charge >= 0.3 is 5.97 Å². The van der Waals surface area contributed by atoms with Gasteiger partial charge < -0.3 is 15.2 Å². The Kier molecular flexibility index (Phi) is 8.01. The second-order valence-electron chi connectivity index (χ2n) is 3.92. The number of thiocarbonyl (C=S) groups is 1. The van der Waals surface area contributed by atoms with E-state index >= 15 is 0 Å². The fraction of sp³-hybridized carbons (Fsp3) is 0.214. The first-order chi connectivity index (χ1) is 10.6. The Balaban J connectivity index is 2.72. The molecule has 0 radical (unpaired) electrons. The first-order valence-corrected chi connectivity index (χ1v) is 7.79. The van der Waals surface area contributed by atoms with Gasteiger partial charge in [-0.3, -0.25) is 10.2 Å². The van der Waals surface area contributed by atoms with Gasteiger partial charge in [0, 0.05) is 5.75 Å². The van der Waals surface area contributed by atoms with E-state index in [1.165, 1.54) is 25.1 Å². The first kappa shape index (κ1) is 18.0. The molecular weight excluding hydrogens is 322 g/mol. The normalized spacial score (nSPS) is 10.2. The maximum Gasteiger partial charge on any atom is 0.321 e. The topological polar surface area (TPSA) is 85.9 Å². The fourth-order valence-corrected chi connectivity index (χ4v) is 1.96. The van der Waals surface area contributed by atoms with Crippen LogP contribution in [-0.4, -0.2) is 35.9 Å². The molecule has 0 aromatic heterocycles. The maximum atomic E-state index is 11.7. The zero-order valence-electron chi connectivity index (χ0n) is 12.1. The number of methoxy groups -OCH3 is 1. The maximum absolute atomic E-state index is 11.7. The fourth-order valence-electron chi connectivity index (χ4n) is 1.40. The Morgan fingerprint density at radius 1 is 1.55 bits per heavy atom. The molecule has 0 spiro atoms. The lowest BCUT2D eigenvalue weighted by Gasteiger charge is -2.09. The third-order valence-corrected chi connectivity index (χ3v) is 3.26. The van der Waals surface area contributed by atoms with Crippen LogP contribution in [0.3, 0.4) is 0 Å². The predicted octanol–water partition coefficient (Wildman–Crippen LogP) is 1.69. The predicted molar refractivity (Wildman–Crippen MR) is 93.7 cm³/mol. The molecule has 6 nitrogen and oxygen atoms in total. The van der Waals surface area contributed by atoms with Crippen LogP contribution in [-0.2, 0) is 4.79 Å². The van der Waals surface area contributed by atoms with Gasteiger partial charge in [0.2, 0.25) is 0 Å². The quantitative estimate of drug-likeness (QED) is 0.142. The molecule has 118 valence electrons. The summed E-state index contributed by atoms with van der Waals surface area (Å²) < 4.78 is 10.5. The van der Waals surface area contributed by atoms with Gasteiger partial charge in [-0.2, -0.15) is 5.10 Å². The largest absolute Gasteiger partial charge is 0.493 e. The molecule has 0 saturated heterocycles.